The maximum atomic E-state index is 11.9. The van der Waals surface area contributed by atoms with Crippen molar-refractivity contribution >= 4 is 15.5 Å². The summed E-state index contributed by atoms with van der Waals surface area (Å²) in [6.45, 7) is 0.693. The Balaban J connectivity index is 1.86. The molecule has 2 N–H and O–H groups in total. The zero-order valence-corrected chi connectivity index (χ0v) is 11.2. The maximum absolute atomic E-state index is 11.9. The van der Waals surface area contributed by atoms with E-state index in [9.17, 15) is 8.42 Å². The molecular formula is C13H19NO3S. The molecular weight excluding hydrogens is 250 g/mol. The molecule has 1 aliphatic rings. The van der Waals surface area contributed by atoms with Gasteiger partial charge in [-0.05, 0) is 37.0 Å². The lowest BCUT2D eigenvalue weighted by atomic mass is 10.2. The maximum Gasteiger partial charge on any atom is 0.153 e. The van der Waals surface area contributed by atoms with Gasteiger partial charge in [0.1, 0.15) is 0 Å². The van der Waals surface area contributed by atoms with Crippen molar-refractivity contribution in [3.05, 3.63) is 29.8 Å². The van der Waals surface area contributed by atoms with E-state index in [1.165, 1.54) is 0 Å². The molecule has 2 rings (SSSR count). The van der Waals surface area contributed by atoms with Gasteiger partial charge in [-0.2, -0.15) is 0 Å². The number of nitrogens with two attached hydrogens (primary N) is 1. The van der Waals surface area contributed by atoms with Gasteiger partial charge in [-0.25, -0.2) is 8.42 Å². The Bertz CT molecular complexity index is 475. The molecule has 4 nitrogen and oxygen atoms in total. The average molecular weight is 269 g/mol. The fraction of sp³-hybridized carbons (Fsp3) is 0.538. The van der Waals surface area contributed by atoms with E-state index in [0.717, 1.165) is 18.4 Å². The van der Waals surface area contributed by atoms with Crippen molar-refractivity contribution in [2.45, 2.75) is 25.4 Å². The SMILES string of the molecule is Nc1ccc(CCS(=O)(=O)CC2CCCO2)cc1. The van der Waals surface area contributed by atoms with Gasteiger partial charge >= 0.3 is 0 Å². The van der Waals surface area contributed by atoms with Crippen LogP contribution in [0.2, 0.25) is 0 Å². The van der Waals surface area contributed by atoms with E-state index < -0.39 is 9.84 Å². The largest absolute Gasteiger partial charge is 0.399 e. The molecule has 1 aromatic rings. The first kappa shape index (κ1) is 13.4. The average Bonchev–Trinajstić information content (AvgIpc) is 2.80. The first-order chi connectivity index (χ1) is 8.55. The Hall–Kier alpha value is -1.07. The predicted molar refractivity (Wildman–Crippen MR) is 72.2 cm³/mol. The van der Waals surface area contributed by atoms with Gasteiger partial charge in [-0.3, -0.25) is 0 Å². The Morgan fingerprint density at radius 3 is 2.61 bits per heavy atom. The molecule has 1 saturated heterocycles. The van der Waals surface area contributed by atoms with Crippen LogP contribution in [0.15, 0.2) is 24.3 Å². The van der Waals surface area contributed by atoms with Gasteiger partial charge in [0, 0.05) is 12.3 Å². The molecule has 5 heteroatoms. The second-order valence-electron chi connectivity index (χ2n) is 4.74. The lowest BCUT2D eigenvalue weighted by molar-refractivity contribution is 0.127. The molecule has 0 amide bonds. The van der Waals surface area contributed by atoms with Gasteiger partial charge in [-0.15, -0.1) is 0 Å². The van der Waals surface area contributed by atoms with Gasteiger partial charge in [0.25, 0.3) is 0 Å². The topological polar surface area (TPSA) is 69.4 Å². The van der Waals surface area contributed by atoms with Crippen LogP contribution in [-0.4, -0.2) is 32.6 Å². The first-order valence-corrected chi connectivity index (χ1v) is 8.04. The van der Waals surface area contributed by atoms with Gasteiger partial charge in [0.15, 0.2) is 9.84 Å². The minimum atomic E-state index is -3.03. The molecule has 1 aliphatic heterocycles. The summed E-state index contributed by atoms with van der Waals surface area (Å²) < 4.78 is 29.2. The third-order valence-corrected chi connectivity index (χ3v) is 4.85. The highest BCUT2D eigenvalue weighted by molar-refractivity contribution is 7.91. The normalized spacial score (nSPS) is 20.1. The van der Waals surface area contributed by atoms with Crippen LogP contribution in [0.25, 0.3) is 0 Å². The molecule has 0 radical (unpaired) electrons. The van der Waals surface area contributed by atoms with Crippen LogP contribution in [0.4, 0.5) is 5.69 Å². The summed E-state index contributed by atoms with van der Waals surface area (Å²) in [6, 6.07) is 7.33. The molecule has 0 aliphatic carbocycles. The van der Waals surface area contributed by atoms with E-state index in [-0.39, 0.29) is 17.6 Å². The monoisotopic (exact) mass is 269 g/mol. The molecule has 0 saturated carbocycles. The molecule has 1 atom stereocenters. The Morgan fingerprint density at radius 1 is 1.28 bits per heavy atom. The Labute approximate surface area is 108 Å². The second-order valence-corrected chi connectivity index (χ2v) is 6.97. The van der Waals surface area contributed by atoms with Crippen molar-refractivity contribution in [3.8, 4) is 0 Å². The molecule has 1 fully saturated rings. The van der Waals surface area contributed by atoms with Crippen LogP contribution in [0.3, 0.4) is 0 Å². The highest BCUT2D eigenvalue weighted by Crippen LogP contribution is 2.15. The summed E-state index contributed by atoms with van der Waals surface area (Å²) in [5.41, 5.74) is 7.28. The van der Waals surface area contributed by atoms with Crippen LogP contribution >= 0.6 is 0 Å². The van der Waals surface area contributed by atoms with Crippen LogP contribution in [0.1, 0.15) is 18.4 Å². The lowest BCUT2D eigenvalue weighted by Crippen LogP contribution is -2.23. The van der Waals surface area contributed by atoms with Crippen LogP contribution < -0.4 is 5.73 Å². The van der Waals surface area contributed by atoms with Crippen molar-refractivity contribution in [2.75, 3.05) is 23.8 Å². The van der Waals surface area contributed by atoms with Crippen LogP contribution in [0.5, 0.6) is 0 Å². The van der Waals surface area contributed by atoms with Crippen molar-refractivity contribution in [1.82, 2.24) is 0 Å². The quantitative estimate of drug-likeness (QED) is 0.820. The number of hydrogen-bond donors (Lipinski definition) is 1. The number of anilines is 1. The van der Waals surface area contributed by atoms with Gasteiger partial charge < -0.3 is 10.5 Å². The number of aryl methyl sites for hydroxylation is 1. The van der Waals surface area contributed by atoms with Gasteiger partial charge in [-0.1, -0.05) is 12.1 Å². The zero-order valence-electron chi connectivity index (χ0n) is 10.3. The molecule has 1 unspecified atom stereocenters. The number of ether oxygens (including phenoxy) is 1. The Morgan fingerprint density at radius 2 is 2.00 bits per heavy atom. The van der Waals surface area contributed by atoms with E-state index in [0.29, 0.717) is 18.7 Å². The summed E-state index contributed by atoms with van der Waals surface area (Å²) >= 11 is 0. The second kappa shape index (κ2) is 5.71. The van der Waals surface area contributed by atoms with E-state index in [2.05, 4.69) is 0 Å². The molecule has 1 aromatic carbocycles. The summed E-state index contributed by atoms with van der Waals surface area (Å²) in [5.74, 6) is 0.332. The summed E-state index contributed by atoms with van der Waals surface area (Å²) in [4.78, 5) is 0. The molecule has 0 bridgehead atoms. The lowest BCUT2D eigenvalue weighted by Gasteiger charge is -2.10. The van der Waals surface area contributed by atoms with Crippen LogP contribution in [-0.2, 0) is 21.0 Å². The number of nitrogen functional groups attached to an aromatic ring is 1. The number of hydrogen-bond acceptors (Lipinski definition) is 4. The van der Waals surface area contributed by atoms with Crippen molar-refractivity contribution in [2.24, 2.45) is 0 Å². The van der Waals surface area contributed by atoms with Crippen molar-refractivity contribution in [3.63, 3.8) is 0 Å². The number of benzene rings is 1. The third kappa shape index (κ3) is 3.99. The van der Waals surface area contributed by atoms with Gasteiger partial charge in [0.2, 0.25) is 0 Å². The van der Waals surface area contributed by atoms with E-state index in [1.807, 2.05) is 12.1 Å². The molecule has 18 heavy (non-hydrogen) atoms. The zero-order chi connectivity index (χ0) is 13.0. The van der Waals surface area contributed by atoms with Crippen LogP contribution in [0, 0.1) is 0 Å². The van der Waals surface area contributed by atoms with Crippen molar-refractivity contribution in [1.29, 1.82) is 0 Å². The fourth-order valence-corrected chi connectivity index (χ4v) is 3.64. The summed E-state index contributed by atoms with van der Waals surface area (Å²) in [7, 11) is -3.03. The number of rotatable bonds is 5. The summed E-state index contributed by atoms with van der Waals surface area (Å²) in [5, 5.41) is 0. The van der Waals surface area contributed by atoms with Gasteiger partial charge in [0.05, 0.1) is 17.6 Å². The minimum Gasteiger partial charge on any atom is -0.399 e. The molecule has 100 valence electrons. The molecule has 0 aromatic heterocycles. The minimum absolute atomic E-state index is 0.0959. The van der Waals surface area contributed by atoms with E-state index >= 15 is 0 Å². The molecule has 1 heterocycles. The van der Waals surface area contributed by atoms with E-state index in [4.69, 9.17) is 10.5 Å². The first-order valence-electron chi connectivity index (χ1n) is 6.22. The standard InChI is InChI=1S/C13H19NO3S/c14-12-5-3-11(4-6-12)7-9-18(15,16)10-13-2-1-8-17-13/h3-6,13H,1-2,7-10,14H2. The van der Waals surface area contributed by atoms with E-state index in [1.54, 1.807) is 12.1 Å². The summed E-state index contributed by atoms with van der Waals surface area (Å²) in [6.07, 6.45) is 2.27. The molecule has 0 spiro atoms. The highest BCUT2D eigenvalue weighted by Gasteiger charge is 2.22. The highest BCUT2D eigenvalue weighted by atomic mass is 32.2. The predicted octanol–water partition coefficient (Wildman–Crippen LogP) is 1.41. The smallest absolute Gasteiger partial charge is 0.153 e. The third-order valence-electron chi connectivity index (χ3n) is 3.15. The van der Waals surface area contributed by atoms with Crippen molar-refractivity contribution < 1.29 is 13.2 Å². The fourth-order valence-electron chi connectivity index (χ4n) is 2.10. The number of sulfone groups is 1. The Kier molecular flexibility index (Phi) is 4.24.